The summed E-state index contributed by atoms with van der Waals surface area (Å²) in [7, 11) is 0. The summed E-state index contributed by atoms with van der Waals surface area (Å²) in [5, 5.41) is 6.08. The molecule has 5 nitrogen and oxygen atoms in total. The standard InChI is InChI=1S/C17H27N3O2/c1-3-16(21)15(19-4-2)9-6-10-20-17(22)12-13-7-5-8-14(18)11-13/h5,7-8,11,15,19H,3-4,6,9-10,12,18H2,1-2H3,(H,20,22)/t15-/m0/s1. The molecule has 0 spiro atoms. The van der Waals surface area contributed by atoms with Crippen LogP contribution in [0.4, 0.5) is 5.69 Å². The lowest BCUT2D eigenvalue weighted by Gasteiger charge is -2.15. The summed E-state index contributed by atoms with van der Waals surface area (Å²) in [6.45, 7) is 5.22. The summed E-state index contributed by atoms with van der Waals surface area (Å²) >= 11 is 0. The number of hydrogen-bond acceptors (Lipinski definition) is 4. The molecule has 0 unspecified atom stereocenters. The molecule has 0 bridgehead atoms. The van der Waals surface area contributed by atoms with Gasteiger partial charge in [0.2, 0.25) is 5.91 Å². The predicted octanol–water partition coefficient (Wildman–Crippen LogP) is 1.66. The summed E-state index contributed by atoms with van der Waals surface area (Å²) in [5.74, 6) is 0.209. The first-order chi connectivity index (χ1) is 10.6. The number of anilines is 1. The van der Waals surface area contributed by atoms with Crippen LogP contribution in [0.2, 0.25) is 0 Å². The molecule has 0 radical (unpaired) electrons. The molecule has 1 rings (SSSR count). The molecule has 22 heavy (non-hydrogen) atoms. The monoisotopic (exact) mass is 305 g/mol. The van der Waals surface area contributed by atoms with E-state index in [-0.39, 0.29) is 17.7 Å². The Morgan fingerprint density at radius 1 is 1.27 bits per heavy atom. The Morgan fingerprint density at radius 3 is 2.68 bits per heavy atom. The van der Waals surface area contributed by atoms with Crippen molar-refractivity contribution in [1.82, 2.24) is 10.6 Å². The number of carbonyl (C=O) groups is 2. The maximum Gasteiger partial charge on any atom is 0.224 e. The van der Waals surface area contributed by atoms with Crippen molar-refractivity contribution in [2.24, 2.45) is 0 Å². The Bertz CT molecular complexity index is 489. The lowest BCUT2D eigenvalue weighted by Crippen LogP contribution is -2.37. The molecule has 5 heteroatoms. The zero-order valence-electron chi connectivity index (χ0n) is 13.5. The zero-order chi connectivity index (χ0) is 16.4. The highest BCUT2D eigenvalue weighted by Gasteiger charge is 2.14. The van der Waals surface area contributed by atoms with Crippen molar-refractivity contribution in [2.75, 3.05) is 18.8 Å². The molecule has 0 aliphatic carbocycles. The number of likely N-dealkylation sites (N-methyl/N-ethyl adjacent to an activating group) is 1. The van der Waals surface area contributed by atoms with Crippen molar-refractivity contribution in [2.45, 2.75) is 45.6 Å². The van der Waals surface area contributed by atoms with Gasteiger partial charge in [-0.3, -0.25) is 9.59 Å². The Morgan fingerprint density at radius 2 is 2.05 bits per heavy atom. The van der Waals surface area contributed by atoms with Gasteiger partial charge in [-0.1, -0.05) is 26.0 Å². The second kappa shape index (κ2) is 9.95. The van der Waals surface area contributed by atoms with E-state index in [1.54, 1.807) is 12.1 Å². The van der Waals surface area contributed by atoms with E-state index < -0.39 is 0 Å². The van der Waals surface area contributed by atoms with E-state index in [2.05, 4.69) is 10.6 Å². The number of carbonyl (C=O) groups excluding carboxylic acids is 2. The van der Waals surface area contributed by atoms with Crippen molar-refractivity contribution in [1.29, 1.82) is 0 Å². The average molecular weight is 305 g/mol. The highest BCUT2D eigenvalue weighted by Crippen LogP contribution is 2.07. The number of nitrogens with one attached hydrogen (secondary N) is 2. The van der Waals surface area contributed by atoms with Gasteiger partial charge in [-0.15, -0.1) is 0 Å². The molecule has 4 N–H and O–H groups in total. The third-order valence-corrected chi connectivity index (χ3v) is 3.50. The van der Waals surface area contributed by atoms with Gasteiger partial charge in [0.1, 0.15) is 5.78 Å². The maximum atomic E-state index is 11.8. The zero-order valence-corrected chi connectivity index (χ0v) is 13.5. The number of nitrogen functional groups attached to an aromatic ring is 1. The molecule has 0 aliphatic rings. The van der Waals surface area contributed by atoms with Crippen LogP contribution in [0, 0.1) is 0 Å². The average Bonchev–Trinajstić information content (AvgIpc) is 2.49. The number of hydrogen-bond donors (Lipinski definition) is 3. The van der Waals surface area contributed by atoms with Crippen LogP contribution >= 0.6 is 0 Å². The lowest BCUT2D eigenvalue weighted by molar-refractivity contribution is -0.121. The quantitative estimate of drug-likeness (QED) is 0.453. The smallest absolute Gasteiger partial charge is 0.224 e. The number of Topliss-reactive ketones (excluding diaryl/α,β-unsaturated/α-hetero) is 1. The van der Waals surface area contributed by atoms with E-state index in [1.807, 2.05) is 26.0 Å². The number of rotatable bonds is 10. The van der Waals surface area contributed by atoms with Crippen molar-refractivity contribution < 1.29 is 9.59 Å². The van der Waals surface area contributed by atoms with Crippen LogP contribution in [0.3, 0.4) is 0 Å². The molecule has 1 aromatic carbocycles. The van der Waals surface area contributed by atoms with Gasteiger partial charge in [0.05, 0.1) is 12.5 Å². The van der Waals surface area contributed by atoms with E-state index in [0.29, 0.717) is 25.1 Å². The first kappa shape index (κ1) is 18.2. The van der Waals surface area contributed by atoms with Crippen LogP contribution in [-0.4, -0.2) is 30.8 Å². The Labute approximate surface area is 132 Å². The van der Waals surface area contributed by atoms with Crippen LogP contribution in [0.5, 0.6) is 0 Å². The van der Waals surface area contributed by atoms with Crippen molar-refractivity contribution in [3.05, 3.63) is 29.8 Å². The van der Waals surface area contributed by atoms with Gasteiger partial charge in [-0.25, -0.2) is 0 Å². The number of nitrogens with two attached hydrogens (primary N) is 1. The normalized spacial score (nSPS) is 11.9. The minimum atomic E-state index is -0.0965. The predicted molar refractivity (Wildman–Crippen MR) is 89.6 cm³/mol. The van der Waals surface area contributed by atoms with Crippen LogP contribution < -0.4 is 16.4 Å². The molecular weight excluding hydrogens is 278 g/mol. The van der Waals surface area contributed by atoms with Crippen LogP contribution in [0.1, 0.15) is 38.7 Å². The topological polar surface area (TPSA) is 84.2 Å². The Kier molecular flexibility index (Phi) is 8.22. The van der Waals surface area contributed by atoms with E-state index >= 15 is 0 Å². The van der Waals surface area contributed by atoms with Crippen LogP contribution in [0.25, 0.3) is 0 Å². The summed E-state index contributed by atoms with van der Waals surface area (Å²) in [5.41, 5.74) is 7.26. The minimum absolute atomic E-state index is 0.0209. The first-order valence-electron chi connectivity index (χ1n) is 7.94. The molecule has 0 saturated heterocycles. The number of benzene rings is 1. The maximum absolute atomic E-state index is 11.8. The van der Waals surface area contributed by atoms with Gasteiger partial charge >= 0.3 is 0 Å². The van der Waals surface area contributed by atoms with E-state index in [4.69, 9.17) is 5.73 Å². The van der Waals surface area contributed by atoms with Crippen LogP contribution in [0.15, 0.2) is 24.3 Å². The summed E-state index contributed by atoms with van der Waals surface area (Å²) < 4.78 is 0. The SMILES string of the molecule is CCN[C@@H](CCCNC(=O)Cc1cccc(N)c1)C(=O)CC. The first-order valence-corrected chi connectivity index (χ1v) is 7.94. The van der Waals surface area contributed by atoms with E-state index in [1.165, 1.54) is 0 Å². The molecule has 1 atom stereocenters. The fourth-order valence-corrected chi connectivity index (χ4v) is 2.35. The molecule has 0 aromatic heterocycles. The van der Waals surface area contributed by atoms with E-state index in [0.717, 1.165) is 24.9 Å². The summed E-state index contributed by atoms with van der Waals surface area (Å²) in [6, 6.07) is 7.24. The van der Waals surface area contributed by atoms with Gasteiger partial charge in [-0.05, 0) is 37.1 Å². The fraction of sp³-hybridized carbons (Fsp3) is 0.529. The molecule has 0 saturated carbocycles. The molecular formula is C17H27N3O2. The molecule has 0 aliphatic heterocycles. The van der Waals surface area contributed by atoms with Gasteiger partial charge in [0, 0.05) is 18.7 Å². The van der Waals surface area contributed by atoms with E-state index in [9.17, 15) is 9.59 Å². The van der Waals surface area contributed by atoms with Gasteiger partial charge in [0.15, 0.2) is 0 Å². The number of amides is 1. The van der Waals surface area contributed by atoms with Gasteiger partial charge in [-0.2, -0.15) is 0 Å². The lowest BCUT2D eigenvalue weighted by atomic mass is 10.0. The van der Waals surface area contributed by atoms with Gasteiger partial charge < -0.3 is 16.4 Å². The summed E-state index contributed by atoms with van der Waals surface area (Å²) in [6.07, 6.45) is 2.40. The minimum Gasteiger partial charge on any atom is -0.399 e. The molecule has 0 heterocycles. The second-order valence-corrected chi connectivity index (χ2v) is 5.34. The molecule has 1 aromatic rings. The Balaban J connectivity index is 2.28. The van der Waals surface area contributed by atoms with Crippen LogP contribution in [-0.2, 0) is 16.0 Å². The van der Waals surface area contributed by atoms with Crippen molar-refractivity contribution in [3.63, 3.8) is 0 Å². The fourth-order valence-electron chi connectivity index (χ4n) is 2.35. The highest BCUT2D eigenvalue weighted by molar-refractivity contribution is 5.83. The van der Waals surface area contributed by atoms with Gasteiger partial charge in [0.25, 0.3) is 0 Å². The highest BCUT2D eigenvalue weighted by atomic mass is 16.1. The Hall–Kier alpha value is -1.88. The van der Waals surface area contributed by atoms with Crippen molar-refractivity contribution >= 4 is 17.4 Å². The second-order valence-electron chi connectivity index (χ2n) is 5.34. The largest absolute Gasteiger partial charge is 0.399 e. The third kappa shape index (κ3) is 6.72. The third-order valence-electron chi connectivity index (χ3n) is 3.50. The summed E-state index contributed by atoms with van der Waals surface area (Å²) in [4.78, 5) is 23.6. The molecule has 122 valence electrons. The van der Waals surface area contributed by atoms with Crippen molar-refractivity contribution in [3.8, 4) is 0 Å². The number of ketones is 1. The molecule has 0 fully saturated rings. The molecule has 1 amide bonds.